The Balaban J connectivity index is 4.05. The molecule has 0 aromatic rings. The predicted molar refractivity (Wildman–Crippen MR) is 52.8 cm³/mol. The molecule has 0 N–H and O–H groups in total. The van der Waals surface area contributed by atoms with E-state index in [0.29, 0.717) is 0 Å². The Morgan fingerprint density at radius 3 is 2.13 bits per heavy atom. The summed E-state index contributed by atoms with van der Waals surface area (Å²) in [4.78, 5) is 21.5. The minimum atomic E-state index is -2.52. The van der Waals surface area contributed by atoms with E-state index in [-0.39, 0.29) is 6.61 Å². The van der Waals surface area contributed by atoms with Crippen LogP contribution in [-0.2, 0) is 19.1 Å². The first-order valence-corrected chi connectivity index (χ1v) is 4.95. The molecule has 0 aliphatic heterocycles. The Morgan fingerprint density at radius 1 is 1.27 bits per heavy atom. The molecule has 0 saturated carbocycles. The fraction of sp³-hybridized carbons (Fsp3) is 0.714. The first kappa shape index (κ1) is 14.7. The van der Waals surface area contributed by atoms with Gasteiger partial charge in [-0.25, -0.2) is 14.0 Å². The minimum Gasteiger partial charge on any atom is -0.463 e. The van der Waals surface area contributed by atoms with Crippen molar-refractivity contribution in [3.63, 3.8) is 0 Å². The molecule has 0 heterocycles. The lowest BCUT2D eigenvalue weighted by molar-refractivity contribution is -0.163. The summed E-state index contributed by atoms with van der Waals surface area (Å²) < 4.78 is 19.5. The van der Waals surface area contributed by atoms with Crippen LogP contribution in [0.25, 0.3) is 0 Å². The third-order valence-electron chi connectivity index (χ3n) is 1.08. The van der Waals surface area contributed by atoms with E-state index in [9.17, 15) is 14.0 Å². The van der Waals surface area contributed by atoms with Gasteiger partial charge in [0.25, 0.3) is 6.17 Å². The monoisotopic (exact) mass is 280 g/mol. The molecule has 0 aliphatic carbocycles. The molecule has 0 bridgehead atoms. The molecule has 0 fully saturated rings. The maximum atomic E-state index is 12.9. The minimum absolute atomic E-state index is 0.0447. The molecule has 1 atom stereocenters. The molecule has 0 saturated heterocycles. The van der Waals surface area contributed by atoms with Crippen molar-refractivity contribution in [1.82, 2.24) is 0 Å². The maximum absolute atomic E-state index is 12.9. The molecular weight excluding hydrogens is 273 g/mol. The molecule has 0 aromatic heterocycles. The zero-order valence-electron chi connectivity index (χ0n) is 7.64. The molecule has 4 nitrogen and oxygen atoms in total. The maximum Gasteiger partial charge on any atom is 0.352 e. The third kappa shape index (κ3) is 6.76. The van der Waals surface area contributed by atoms with Crippen LogP contribution >= 0.6 is 34.8 Å². The van der Waals surface area contributed by atoms with Crippen molar-refractivity contribution in [3.8, 4) is 0 Å². The summed E-state index contributed by atoms with van der Waals surface area (Å²) in [6.07, 6.45) is -2.52. The van der Waals surface area contributed by atoms with E-state index >= 15 is 0 Å². The van der Waals surface area contributed by atoms with Crippen LogP contribution in [-0.4, -0.2) is 35.1 Å². The van der Waals surface area contributed by atoms with Gasteiger partial charge in [0.15, 0.2) is 0 Å². The van der Waals surface area contributed by atoms with Crippen LogP contribution in [0.15, 0.2) is 0 Å². The van der Waals surface area contributed by atoms with E-state index in [1.54, 1.807) is 0 Å². The fourth-order valence-corrected chi connectivity index (χ4v) is 0.701. The number of ether oxygens (including phenoxy) is 2. The highest BCUT2D eigenvalue weighted by Gasteiger charge is 2.31. The van der Waals surface area contributed by atoms with Gasteiger partial charge < -0.3 is 9.47 Å². The van der Waals surface area contributed by atoms with Gasteiger partial charge >= 0.3 is 11.9 Å². The quantitative estimate of drug-likeness (QED) is 0.448. The Kier molecular flexibility index (Phi) is 6.24. The van der Waals surface area contributed by atoms with Gasteiger partial charge in [0, 0.05) is 0 Å². The lowest BCUT2D eigenvalue weighted by Gasteiger charge is -2.12. The molecule has 1 unspecified atom stereocenters. The number of carbonyl (C=O) groups excluding carboxylic acids is 2. The first-order chi connectivity index (χ1) is 6.78. The predicted octanol–water partition coefficient (Wildman–Crippen LogP) is 1.80. The second kappa shape index (κ2) is 6.35. The standard InChI is InChI=1S/C7H8Cl3FO4/c1-2-14-5(12)4(11)6(13)15-3-7(8,9)10/h4H,2-3H2,1H3. The Hall–Kier alpha value is -0.260. The van der Waals surface area contributed by atoms with Crippen LogP contribution in [0, 0.1) is 0 Å². The van der Waals surface area contributed by atoms with Crippen LogP contribution in [0.1, 0.15) is 6.92 Å². The van der Waals surface area contributed by atoms with E-state index in [2.05, 4.69) is 9.47 Å². The van der Waals surface area contributed by atoms with E-state index in [1.807, 2.05) is 0 Å². The largest absolute Gasteiger partial charge is 0.463 e. The van der Waals surface area contributed by atoms with Gasteiger partial charge in [0.2, 0.25) is 3.79 Å². The van der Waals surface area contributed by atoms with Gasteiger partial charge in [0.1, 0.15) is 6.61 Å². The van der Waals surface area contributed by atoms with Gasteiger partial charge in [-0.15, -0.1) is 0 Å². The second-order valence-electron chi connectivity index (χ2n) is 2.34. The summed E-state index contributed by atoms with van der Waals surface area (Å²) in [6.45, 7) is 0.782. The zero-order valence-corrected chi connectivity index (χ0v) is 9.90. The highest BCUT2D eigenvalue weighted by molar-refractivity contribution is 6.67. The van der Waals surface area contributed by atoms with Crippen LogP contribution < -0.4 is 0 Å². The average molecular weight is 281 g/mol. The van der Waals surface area contributed by atoms with Gasteiger partial charge in [-0.1, -0.05) is 34.8 Å². The fourth-order valence-electron chi connectivity index (χ4n) is 0.538. The smallest absolute Gasteiger partial charge is 0.352 e. The Bertz CT molecular complexity index is 241. The molecule has 0 spiro atoms. The van der Waals surface area contributed by atoms with Crippen LogP contribution in [0.4, 0.5) is 4.39 Å². The molecule has 0 aromatic carbocycles. The second-order valence-corrected chi connectivity index (χ2v) is 4.85. The van der Waals surface area contributed by atoms with Crippen molar-refractivity contribution in [3.05, 3.63) is 0 Å². The number of rotatable bonds is 4. The molecule has 0 rings (SSSR count). The molecule has 0 amide bonds. The van der Waals surface area contributed by atoms with Crippen molar-refractivity contribution >= 4 is 46.7 Å². The van der Waals surface area contributed by atoms with Crippen LogP contribution in [0.2, 0.25) is 0 Å². The van der Waals surface area contributed by atoms with E-state index in [0.717, 1.165) is 0 Å². The van der Waals surface area contributed by atoms with Crippen molar-refractivity contribution in [2.24, 2.45) is 0 Å². The number of halogens is 4. The molecule has 88 valence electrons. The van der Waals surface area contributed by atoms with Gasteiger partial charge in [-0.3, -0.25) is 0 Å². The van der Waals surface area contributed by atoms with Crippen molar-refractivity contribution in [1.29, 1.82) is 0 Å². The summed E-state index contributed by atoms with van der Waals surface area (Å²) in [6, 6.07) is 0. The molecule has 0 aliphatic rings. The summed E-state index contributed by atoms with van der Waals surface area (Å²) in [5.41, 5.74) is 0. The van der Waals surface area contributed by atoms with Crippen LogP contribution in [0.3, 0.4) is 0 Å². The molecule has 15 heavy (non-hydrogen) atoms. The molecular formula is C7H8Cl3FO4. The zero-order chi connectivity index (χ0) is 12.1. The Morgan fingerprint density at radius 2 is 1.73 bits per heavy atom. The Labute approximate surface area is 101 Å². The van der Waals surface area contributed by atoms with Crippen LogP contribution in [0.5, 0.6) is 0 Å². The van der Waals surface area contributed by atoms with Crippen molar-refractivity contribution < 1.29 is 23.5 Å². The van der Waals surface area contributed by atoms with Crippen molar-refractivity contribution in [2.75, 3.05) is 13.2 Å². The van der Waals surface area contributed by atoms with E-state index < -0.39 is 28.5 Å². The van der Waals surface area contributed by atoms with Gasteiger partial charge in [0.05, 0.1) is 6.61 Å². The summed E-state index contributed by atoms with van der Waals surface area (Å²) in [7, 11) is 0. The lowest BCUT2D eigenvalue weighted by Crippen LogP contribution is -2.31. The average Bonchev–Trinajstić information content (AvgIpc) is 2.12. The number of esters is 2. The SMILES string of the molecule is CCOC(=O)C(F)C(=O)OCC(Cl)(Cl)Cl. The van der Waals surface area contributed by atoms with Gasteiger partial charge in [-0.2, -0.15) is 0 Å². The number of alkyl halides is 4. The number of hydrogen-bond acceptors (Lipinski definition) is 4. The topological polar surface area (TPSA) is 52.6 Å². The first-order valence-electron chi connectivity index (χ1n) is 3.82. The van der Waals surface area contributed by atoms with E-state index in [4.69, 9.17) is 34.8 Å². The highest BCUT2D eigenvalue weighted by Crippen LogP contribution is 2.26. The number of carbonyl (C=O) groups is 2. The molecule has 8 heteroatoms. The highest BCUT2D eigenvalue weighted by atomic mass is 35.6. The normalized spacial score (nSPS) is 13.1. The molecule has 0 radical (unpaired) electrons. The third-order valence-corrected chi connectivity index (χ3v) is 1.41. The number of hydrogen-bond donors (Lipinski definition) is 0. The lowest BCUT2D eigenvalue weighted by atomic mass is 10.4. The van der Waals surface area contributed by atoms with Crippen molar-refractivity contribution in [2.45, 2.75) is 16.9 Å². The van der Waals surface area contributed by atoms with Gasteiger partial charge in [-0.05, 0) is 6.92 Å². The summed E-state index contributed by atoms with van der Waals surface area (Å²) in [5, 5.41) is 0. The summed E-state index contributed by atoms with van der Waals surface area (Å²) >= 11 is 15.7. The summed E-state index contributed by atoms with van der Waals surface area (Å²) in [5.74, 6) is -2.77. The van der Waals surface area contributed by atoms with E-state index in [1.165, 1.54) is 6.92 Å².